The second-order valence-corrected chi connectivity index (χ2v) is 8.55. The molecule has 1 aromatic heterocycles. The van der Waals surface area contributed by atoms with Crippen LogP contribution in [-0.2, 0) is 6.61 Å². The SMILES string of the molecule is Cc1cc(C)c(C)c(Oc2cc(NC(=O)c3ccc(COc4ccccc4C)o3)cc([N+](=O)[O-])c2)c1. The zero-order valence-electron chi connectivity index (χ0n) is 20.5. The number of anilines is 1. The van der Waals surface area contributed by atoms with Crippen molar-refractivity contribution in [2.75, 3.05) is 5.32 Å². The number of carbonyl (C=O) groups excluding carboxylic acids is 1. The summed E-state index contributed by atoms with van der Waals surface area (Å²) in [7, 11) is 0. The molecule has 8 nitrogen and oxygen atoms in total. The van der Waals surface area contributed by atoms with Gasteiger partial charge in [0.1, 0.15) is 29.6 Å². The minimum Gasteiger partial charge on any atom is -0.485 e. The highest BCUT2D eigenvalue weighted by molar-refractivity contribution is 6.02. The van der Waals surface area contributed by atoms with Gasteiger partial charge in [-0.1, -0.05) is 24.3 Å². The summed E-state index contributed by atoms with van der Waals surface area (Å²) >= 11 is 0. The average molecular weight is 487 g/mol. The van der Waals surface area contributed by atoms with Crippen LogP contribution in [0.25, 0.3) is 0 Å². The predicted molar refractivity (Wildman–Crippen MR) is 136 cm³/mol. The van der Waals surface area contributed by atoms with E-state index in [9.17, 15) is 14.9 Å². The van der Waals surface area contributed by atoms with E-state index in [4.69, 9.17) is 13.9 Å². The molecule has 4 aromatic rings. The summed E-state index contributed by atoms with van der Waals surface area (Å²) in [5.74, 6) is 1.53. The van der Waals surface area contributed by atoms with Gasteiger partial charge in [-0.25, -0.2) is 0 Å². The summed E-state index contributed by atoms with van der Waals surface area (Å²) in [5.41, 5.74) is 3.96. The molecular weight excluding hydrogens is 460 g/mol. The molecule has 0 atom stereocenters. The maximum atomic E-state index is 12.8. The molecule has 0 saturated carbocycles. The van der Waals surface area contributed by atoms with Crippen LogP contribution < -0.4 is 14.8 Å². The van der Waals surface area contributed by atoms with Crippen LogP contribution >= 0.6 is 0 Å². The number of non-ortho nitro benzene ring substituents is 1. The Bertz CT molecular complexity index is 1440. The molecule has 0 aliphatic heterocycles. The van der Waals surface area contributed by atoms with Gasteiger partial charge in [0.05, 0.1) is 16.7 Å². The summed E-state index contributed by atoms with van der Waals surface area (Å²) in [6, 6.07) is 18.8. The van der Waals surface area contributed by atoms with Crippen molar-refractivity contribution in [2.45, 2.75) is 34.3 Å². The van der Waals surface area contributed by atoms with Gasteiger partial charge in [-0.05, 0) is 74.2 Å². The molecule has 184 valence electrons. The Labute approximate surface area is 208 Å². The number of para-hydroxylation sites is 1. The first-order chi connectivity index (χ1) is 17.2. The molecule has 0 radical (unpaired) electrons. The Balaban J connectivity index is 1.51. The van der Waals surface area contributed by atoms with Gasteiger partial charge in [-0.2, -0.15) is 0 Å². The normalized spacial score (nSPS) is 10.7. The minimum atomic E-state index is -0.550. The van der Waals surface area contributed by atoms with Gasteiger partial charge in [-0.15, -0.1) is 0 Å². The third-order valence-corrected chi connectivity index (χ3v) is 5.70. The number of nitrogens with one attached hydrogen (secondary N) is 1. The van der Waals surface area contributed by atoms with Crippen molar-refractivity contribution >= 4 is 17.3 Å². The standard InChI is InChI=1S/C28H26N2O6/c1-17-11-19(3)20(4)27(12-17)36-24-14-21(13-22(15-24)30(32)33)29-28(31)26-10-9-23(35-26)16-34-25-8-6-5-7-18(25)2/h5-15H,16H2,1-4H3,(H,29,31). The molecule has 3 aromatic carbocycles. The largest absolute Gasteiger partial charge is 0.485 e. The number of rotatable bonds is 8. The summed E-state index contributed by atoms with van der Waals surface area (Å²) in [6.07, 6.45) is 0. The number of hydrogen-bond acceptors (Lipinski definition) is 6. The lowest BCUT2D eigenvalue weighted by atomic mass is 10.1. The Morgan fingerprint density at radius 2 is 1.72 bits per heavy atom. The number of nitro benzene ring substituents is 1. The van der Waals surface area contributed by atoms with Crippen molar-refractivity contribution in [3.8, 4) is 17.2 Å². The monoisotopic (exact) mass is 486 g/mol. The zero-order valence-corrected chi connectivity index (χ0v) is 20.5. The fraction of sp³-hybridized carbons (Fsp3) is 0.179. The van der Waals surface area contributed by atoms with Gasteiger partial charge in [-0.3, -0.25) is 14.9 Å². The number of aryl methyl sites for hydroxylation is 3. The second-order valence-electron chi connectivity index (χ2n) is 8.55. The first kappa shape index (κ1) is 24.5. The van der Waals surface area contributed by atoms with Crippen LogP contribution in [0.3, 0.4) is 0 Å². The number of furan rings is 1. The third-order valence-electron chi connectivity index (χ3n) is 5.70. The van der Waals surface area contributed by atoms with Crippen LogP contribution in [0.15, 0.2) is 71.1 Å². The Kier molecular flexibility index (Phi) is 7.05. The molecule has 36 heavy (non-hydrogen) atoms. The lowest BCUT2D eigenvalue weighted by Gasteiger charge is -2.13. The minimum absolute atomic E-state index is 0.0533. The van der Waals surface area contributed by atoms with Crippen LogP contribution in [0, 0.1) is 37.8 Å². The third kappa shape index (κ3) is 5.72. The Morgan fingerprint density at radius 3 is 2.47 bits per heavy atom. The topological polar surface area (TPSA) is 104 Å². The van der Waals surface area contributed by atoms with Crippen LogP contribution in [0.5, 0.6) is 17.2 Å². The van der Waals surface area contributed by atoms with Crippen molar-refractivity contribution in [3.05, 3.63) is 111 Å². The van der Waals surface area contributed by atoms with E-state index in [0.29, 0.717) is 11.5 Å². The zero-order chi connectivity index (χ0) is 25.8. The van der Waals surface area contributed by atoms with E-state index >= 15 is 0 Å². The van der Waals surface area contributed by atoms with Gasteiger partial charge in [0.25, 0.3) is 11.6 Å². The number of carbonyl (C=O) groups is 1. The van der Waals surface area contributed by atoms with Crippen LogP contribution in [-0.4, -0.2) is 10.8 Å². The molecule has 0 spiro atoms. The molecule has 1 amide bonds. The molecule has 4 rings (SSSR count). The van der Waals surface area contributed by atoms with E-state index in [2.05, 4.69) is 5.32 Å². The molecule has 0 aliphatic rings. The number of ether oxygens (including phenoxy) is 2. The molecule has 0 bridgehead atoms. The van der Waals surface area contributed by atoms with E-state index in [-0.39, 0.29) is 29.5 Å². The van der Waals surface area contributed by atoms with Gasteiger partial charge in [0.2, 0.25) is 0 Å². The summed E-state index contributed by atoms with van der Waals surface area (Å²) in [6.45, 7) is 7.93. The van der Waals surface area contributed by atoms with E-state index in [1.54, 1.807) is 6.07 Å². The molecule has 0 saturated heterocycles. The van der Waals surface area contributed by atoms with Crippen molar-refractivity contribution in [3.63, 3.8) is 0 Å². The number of nitrogens with zero attached hydrogens (tertiary/aromatic N) is 1. The van der Waals surface area contributed by atoms with Gasteiger partial charge >= 0.3 is 0 Å². The fourth-order valence-electron chi connectivity index (χ4n) is 3.69. The maximum absolute atomic E-state index is 12.8. The van der Waals surface area contributed by atoms with Crippen molar-refractivity contribution < 1.29 is 23.6 Å². The van der Waals surface area contributed by atoms with Crippen LogP contribution in [0.1, 0.15) is 38.6 Å². The highest BCUT2D eigenvalue weighted by atomic mass is 16.6. The summed E-state index contributed by atoms with van der Waals surface area (Å²) in [5, 5.41) is 14.2. The van der Waals surface area contributed by atoms with Crippen molar-refractivity contribution in [2.24, 2.45) is 0 Å². The highest BCUT2D eigenvalue weighted by Crippen LogP contribution is 2.33. The van der Waals surface area contributed by atoms with Crippen LogP contribution in [0.4, 0.5) is 11.4 Å². The molecule has 1 heterocycles. The fourth-order valence-corrected chi connectivity index (χ4v) is 3.69. The van der Waals surface area contributed by atoms with E-state index < -0.39 is 10.8 Å². The van der Waals surface area contributed by atoms with E-state index in [1.807, 2.05) is 64.1 Å². The highest BCUT2D eigenvalue weighted by Gasteiger charge is 2.17. The molecule has 1 N–H and O–H groups in total. The smallest absolute Gasteiger partial charge is 0.291 e. The van der Waals surface area contributed by atoms with Gasteiger partial charge < -0.3 is 19.2 Å². The molecular formula is C28H26N2O6. The summed E-state index contributed by atoms with van der Waals surface area (Å²) < 4.78 is 17.4. The first-order valence-corrected chi connectivity index (χ1v) is 11.3. The number of nitro groups is 1. The molecule has 0 unspecified atom stereocenters. The van der Waals surface area contributed by atoms with Gasteiger partial charge in [0.15, 0.2) is 5.76 Å². The maximum Gasteiger partial charge on any atom is 0.291 e. The Morgan fingerprint density at radius 1 is 0.944 bits per heavy atom. The number of hydrogen-bond donors (Lipinski definition) is 1. The number of amides is 1. The van der Waals surface area contributed by atoms with Gasteiger partial charge in [0, 0.05) is 12.1 Å². The first-order valence-electron chi connectivity index (χ1n) is 11.3. The molecule has 0 fully saturated rings. The lowest BCUT2D eigenvalue weighted by molar-refractivity contribution is -0.384. The van der Waals surface area contributed by atoms with Crippen LogP contribution in [0.2, 0.25) is 0 Å². The predicted octanol–water partition coefficient (Wildman–Crippen LogP) is 7.05. The Hall–Kier alpha value is -4.59. The van der Waals surface area contributed by atoms with Crippen molar-refractivity contribution in [1.29, 1.82) is 0 Å². The van der Waals surface area contributed by atoms with E-state index in [1.165, 1.54) is 24.3 Å². The molecule has 0 aliphatic carbocycles. The van der Waals surface area contributed by atoms with E-state index in [0.717, 1.165) is 28.0 Å². The summed E-state index contributed by atoms with van der Waals surface area (Å²) in [4.78, 5) is 23.8. The second kappa shape index (κ2) is 10.4. The lowest BCUT2D eigenvalue weighted by Crippen LogP contribution is -2.11. The number of benzene rings is 3. The van der Waals surface area contributed by atoms with Crippen molar-refractivity contribution in [1.82, 2.24) is 0 Å². The quantitative estimate of drug-likeness (QED) is 0.211. The average Bonchev–Trinajstić information content (AvgIpc) is 3.31. The molecule has 8 heteroatoms.